The second kappa shape index (κ2) is 11.0. The smallest absolute Gasteiger partial charge is 0.0587 e. The SMILES string of the molecule is CCC(CC)CNCCNCCOC. The van der Waals surface area contributed by atoms with E-state index in [1.54, 1.807) is 7.11 Å². The first kappa shape index (κ1) is 13.9. The lowest BCUT2D eigenvalue weighted by Gasteiger charge is -2.13. The summed E-state index contributed by atoms with van der Waals surface area (Å²) in [6, 6.07) is 0. The molecule has 0 aromatic carbocycles. The maximum absolute atomic E-state index is 4.94. The van der Waals surface area contributed by atoms with Crippen LogP contribution in [0.1, 0.15) is 26.7 Å². The number of nitrogens with one attached hydrogen (secondary N) is 2. The van der Waals surface area contributed by atoms with Gasteiger partial charge >= 0.3 is 0 Å². The van der Waals surface area contributed by atoms with Crippen LogP contribution in [0.25, 0.3) is 0 Å². The average Bonchev–Trinajstić information content (AvgIpc) is 2.22. The Morgan fingerprint density at radius 3 is 2.21 bits per heavy atom. The maximum atomic E-state index is 4.94. The maximum Gasteiger partial charge on any atom is 0.0587 e. The molecule has 0 aliphatic carbocycles. The summed E-state index contributed by atoms with van der Waals surface area (Å²) in [7, 11) is 1.73. The van der Waals surface area contributed by atoms with Crippen LogP contribution >= 0.6 is 0 Å². The molecule has 0 aliphatic heterocycles. The van der Waals surface area contributed by atoms with E-state index in [1.165, 1.54) is 12.8 Å². The summed E-state index contributed by atoms with van der Waals surface area (Å²) in [5.41, 5.74) is 0. The van der Waals surface area contributed by atoms with Crippen molar-refractivity contribution in [3.63, 3.8) is 0 Å². The standard InChI is InChI=1S/C11H26N2O/c1-4-11(5-2)10-13-7-6-12-8-9-14-3/h11-13H,4-10H2,1-3H3. The van der Waals surface area contributed by atoms with E-state index < -0.39 is 0 Å². The van der Waals surface area contributed by atoms with Gasteiger partial charge in [-0.15, -0.1) is 0 Å². The molecule has 0 radical (unpaired) electrons. The first-order valence-corrected chi connectivity index (χ1v) is 5.75. The van der Waals surface area contributed by atoms with Crippen LogP contribution in [0.2, 0.25) is 0 Å². The third-order valence-corrected chi connectivity index (χ3v) is 2.55. The summed E-state index contributed by atoms with van der Waals surface area (Å²) in [5.74, 6) is 0.842. The second-order valence-corrected chi connectivity index (χ2v) is 3.63. The molecule has 3 heteroatoms. The Labute approximate surface area is 88.6 Å². The van der Waals surface area contributed by atoms with Crippen molar-refractivity contribution in [1.82, 2.24) is 10.6 Å². The van der Waals surface area contributed by atoms with Crippen LogP contribution in [-0.2, 0) is 4.74 Å². The Balaban J connectivity index is 3.04. The zero-order valence-corrected chi connectivity index (χ0v) is 9.94. The van der Waals surface area contributed by atoms with Gasteiger partial charge in [0, 0.05) is 26.7 Å². The molecule has 3 nitrogen and oxygen atoms in total. The Morgan fingerprint density at radius 1 is 1.00 bits per heavy atom. The van der Waals surface area contributed by atoms with Crippen LogP contribution in [0.3, 0.4) is 0 Å². The number of hydrogen-bond donors (Lipinski definition) is 2. The number of hydrogen-bond acceptors (Lipinski definition) is 3. The molecule has 0 amide bonds. The van der Waals surface area contributed by atoms with Crippen LogP contribution in [-0.4, -0.2) is 39.9 Å². The van der Waals surface area contributed by atoms with E-state index in [4.69, 9.17) is 4.74 Å². The highest BCUT2D eigenvalue weighted by atomic mass is 16.5. The fourth-order valence-corrected chi connectivity index (χ4v) is 1.36. The molecule has 0 rings (SSSR count). The minimum atomic E-state index is 0.798. The summed E-state index contributed by atoms with van der Waals surface area (Å²) < 4.78 is 4.94. The van der Waals surface area contributed by atoms with Crippen LogP contribution in [0.5, 0.6) is 0 Å². The summed E-state index contributed by atoms with van der Waals surface area (Å²) in [6.45, 7) is 9.50. The van der Waals surface area contributed by atoms with Gasteiger partial charge in [0.25, 0.3) is 0 Å². The summed E-state index contributed by atoms with van der Waals surface area (Å²) in [6.07, 6.45) is 2.56. The zero-order chi connectivity index (χ0) is 10.6. The van der Waals surface area contributed by atoms with E-state index in [-0.39, 0.29) is 0 Å². The van der Waals surface area contributed by atoms with Crippen molar-refractivity contribution >= 4 is 0 Å². The van der Waals surface area contributed by atoms with Crippen LogP contribution in [0, 0.1) is 5.92 Å². The number of ether oxygens (including phenoxy) is 1. The van der Waals surface area contributed by atoms with Crippen molar-refractivity contribution < 1.29 is 4.74 Å². The fourth-order valence-electron chi connectivity index (χ4n) is 1.36. The molecule has 0 saturated carbocycles. The Morgan fingerprint density at radius 2 is 1.64 bits per heavy atom. The molecular weight excluding hydrogens is 176 g/mol. The Kier molecular flexibility index (Phi) is 10.9. The summed E-state index contributed by atoms with van der Waals surface area (Å²) in [5, 5.41) is 6.77. The van der Waals surface area contributed by atoms with Crippen LogP contribution < -0.4 is 10.6 Å². The number of methoxy groups -OCH3 is 1. The van der Waals surface area contributed by atoms with Crippen molar-refractivity contribution in [2.45, 2.75) is 26.7 Å². The summed E-state index contributed by atoms with van der Waals surface area (Å²) >= 11 is 0. The molecule has 0 aromatic heterocycles. The first-order valence-electron chi connectivity index (χ1n) is 5.75. The lowest BCUT2D eigenvalue weighted by atomic mass is 10.0. The minimum absolute atomic E-state index is 0.798. The van der Waals surface area contributed by atoms with Gasteiger partial charge in [0.15, 0.2) is 0 Å². The summed E-state index contributed by atoms with van der Waals surface area (Å²) in [4.78, 5) is 0. The molecule has 0 heterocycles. The van der Waals surface area contributed by atoms with Gasteiger partial charge in [0.2, 0.25) is 0 Å². The van der Waals surface area contributed by atoms with E-state index in [0.29, 0.717) is 0 Å². The highest BCUT2D eigenvalue weighted by molar-refractivity contribution is 4.59. The van der Waals surface area contributed by atoms with Crippen molar-refractivity contribution in [3.05, 3.63) is 0 Å². The van der Waals surface area contributed by atoms with Gasteiger partial charge in [0.05, 0.1) is 6.61 Å². The quantitative estimate of drug-likeness (QED) is 0.523. The lowest BCUT2D eigenvalue weighted by Crippen LogP contribution is -2.32. The van der Waals surface area contributed by atoms with Gasteiger partial charge in [-0.1, -0.05) is 26.7 Å². The molecule has 86 valence electrons. The first-order chi connectivity index (χ1) is 6.85. The molecule has 0 aromatic rings. The normalized spacial score (nSPS) is 11.1. The second-order valence-electron chi connectivity index (χ2n) is 3.63. The van der Waals surface area contributed by atoms with Gasteiger partial charge in [-0.05, 0) is 12.5 Å². The molecule has 0 unspecified atom stereocenters. The molecule has 0 fully saturated rings. The average molecular weight is 202 g/mol. The molecule has 0 bridgehead atoms. The van der Waals surface area contributed by atoms with Crippen LogP contribution in [0.4, 0.5) is 0 Å². The van der Waals surface area contributed by atoms with E-state index in [2.05, 4.69) is 24.5 Å². The molecule has 0 aliphatic rings. The van der Waals surface area contributed by atoms with Crippen molar-refractivity contribution in [2.24, 2.45) is 5.92 Å². The molecule has 2 N–H and O–H groups in total. The Hall–Kier alpha value is -0.120. The molecule has 0 spiro atoms. The van der Waals surface area contributed by atoms with E-state index >= 15 is 0 Å². The predicted molar refractivity (Wildman–Crippen MR) is 61.7 cm³/mol. The van der Waals surface area contributed by atoms with Crippen molar-refractivity contribution in [2.75, 3.05) is 39.9 Å². The minimum Gasteiger partial charge on any atom is -0.383 e. The van der Waals surface area contributed by atoms with Gasteiger partial charge in [0.1, 0.15) is 0 Å². The molecule has 14 heavy (non-hydrogen) atoms. The third kappa shape index (κ3) is 8.48. The lowest BCUT2D eigenvalue weighted by molar-refractivity contribution is 0.199. The largest absolute Gasteiger partial charge is 0.383 e. The van der Waals surface area contributed by atoms with Crippen molar-refractivity contribution in [3.8, 4) is 0 Å². The molecule has 0 saturated heterocycles. The van der Waals surface area contributed by atoms with Gasteiger partial charge < -0.3 is 15.4 Å². The highest BCUT2D eigenvalue weighted by Gasteiger charge is 2.00. The highest BCUT2D eigenvalue weighted by Crippen LogP contribution is 2.04. The topological polar surface area (TPSA) is 33.3 Å². The zero-order valence-electron chi connectivity index (χ0n) is 9.94. The Bertz CT molecular complexity index is 105. The monoisotopic (exact) mass is 202 g/mol. The van der Waals surface area contributed by atoms with E-state index in [9.17, 15) is 0 Å². The van der Waals surface area contributed by atoms with Crippen molar-refractivity contribution in [1.29, 1.82) is 0 Å². The van der Waals surface area contributed by atoms with E-state index in [1.807, 2.05) is 0 Å². The van der Waals surface area contributed by atoms with Gasteiger partial charge in [-0.25, -0.2) is 0 Å². The molecule has 0 atom stereocenters. The fraction of sp³-hybridized carbons (Fsp3) is 1.00. The van der Waals surface area contributed by atoms with Gasteiger partial charge in [-0.3, -0.25) is 0 Å². The van der Waals surface area contributed by atoms with Crippen LogP contribution in [0.15, 0.2) is 0 Å². The van der Waals surface area contributed by atoms with E-state index in [0.717, 1.165) is 38.7 Å². The number of rotatable bonds is 10. The van der Waals surface area contributed by atoms with Gasteiger partial charge in [-0.2, -0.15) is 0 Å². The third-order valence-electron chi connectivity index (χ3n) is 2.55. The molecular formula is C11H26N2O. The predicted octanol–water partition coefficient (Wildman–Crippen LogP) is 1.25.